The molecule has 2 rings (SSSR count). The molecule has 1 saturated carbocycles. The summed E-state index contributed by atoms with van der Waals surface area (Å²) in [6, 6.07) is 5.45. The summed E-state index contributed by atoms with van der Waals surface area (Å²) in [5, 5.41) is 0. The number of halogens is 1. The predicted molar refractivity (Wildman–Crippen MR) is 77.9 cm³/mol. The standard InChI is InChI=1S/C14H20ClNO2S/c1-11-12(10-15)6-5-9-14(11)19(17,18)16(2)13-7-3-4-8-13/h5-6,9,13H,3-4,7-8,10H2,1-2H3. The first-order valence-electron chi connectivity index (χ1n) is 6.61. The molecule has 19 heavy (non-hydrogen) atoms. The average Bonchev–Trinajstić information content (AvgIpc) is 2.91. The van der Waals surface area contributed by atoms with Crippen LogP contribution in [0.2, 0.25) is 0 Å². The maximum Gasteiger partial charge on any atom is 0.243 e. The number of hydrogen-bond donors (Lipinski definition) is 0. The van der Waals surface area contributed by atoms with Gasteiger partial charge in [0.25, 0.3) is 0 Å². The van der Waals surface area contributed by atoms with Crippen LogP contribution in [-0.4, -0.2) is 25.8 Å². The number of nitrogens with zero attached hydrogens (tertiary/aromatic N) is 1. The van der Waals surface area contributed by atoms with Gasteiger partial charge in [-0.25, -0.2) is 8.42 Å². The van der Waals surface area contributed by atoms with E-state index in [1.54, 1.807) is 23.5 Å². The Morgan fingerprint density at radius 2 is 1.95 bits per heavy atom. The average molecular weight is 302 g/mol. The molecule has 0 unspecified atom stereocenters. The Morgan fingerprint density at radius 3 is 2.53 bits per heavy atom. The van der Waals surface area contributed by atoms with Gasteiger partial charge in [-0.1, -0.05) is 25.0 Å². The fourth-order valence-electron chi connectivity index (χ4n) is 2.70. The van der Waals surface area contributed by atoms with Crippen molar-refractivity contribution in [1.82, 2.24) is 4.31 Å². The first-order chi connectivity index (χ1) is 8.98. The highest BCUT2D eigenvalue weighted by Gasteiger charge is 2.31. The highest BCUT2D eigenvalue weighted by molar-refractivity contribution is 7.89. The normalized spacial score (nSPS) is 17.3. The minimum atomic E-state index is -3.41. The molecular formula is C14H20ClNO2S. The number of sulfonamides is 1. The molecule has 0 heterocycles. The Morgan fingerprint density at radius 1 is 1.32 bits per heavy atom. The van der Waals surface area contributed by atoms with Gasteiger partial charge in [0.2, 0.25) is 10.0 Å². The van der Waals surface area contributed by atoms with Gasteiger partial charge >= 0.3 is 0 Å². The molecule has 0 amide bonds. The van der Waals surface area contributed by atoms with Crippen LogP contribution in [0.25, 0.3) is 0 Å². The molecule has 0 aromatic heterocycles. The third kappa shape index (κ3) is 2.81. The summed E-state index contributed by atoms with van der Waals surface area (Å²) in [4.78, 5) is 0.389. The largest absolute Gasteiger partial charge is 0.243 e. The maximum atomic E-state index is 12.7. The third-order valence-corrected chi connectivity index (χ3v) is 6.38. The van der Waals surface area contributed by atoms with Crippen LogP contribution in [0, 0.1) is 6.92 Å². The highest BCUT2D eigenvalue weighted by atomic mass is 35.5. The molecule has 0 bridgehead atoms. The van der Waals surface area contributed by atoms with Crippen LogP contribution in [0.3, 0.4) is 0 Å². The molecule has 0 N–H and O–H groups in total. The monoisotopic (exact) mass is 301 g/mol. The van der Waals surface area contributed by atoms with E-state index in [0.717, 1.165) is 36.8 Å². The zero-order valence-electron chi connectivity index (χ0n) is 11.4. The number of hydrogen-bond acceptors (Lipinski definition) is 2. The summed E-state index contributed by atoms with van der Waals surface area (Å²) in [6.45, 7) is 1.83. The zero-order chi connectivity index (χ0) is 14.0. The molecule has 5 heteroatoms. The van der Waals surface area contributed by atoms with Crippen molar-refractivity contribution < 1.29 is 8.42 Å². The lowest BCUT2D eigenvalue weighted by atomic mass is 10.1. The van der Waals surface area contributed by atoms with Crippen LogP contribution in [0.5, 0.6) is 0 Å². The minimum Gasteiger partial charge on any atom is -0.207 e. The van der Waals surface area contributed by atoms with Gasteiger partial charge in [-0.15, -0.1) is 11.6 Å². The molecule has 0 spiro atoms. The Bertz CT molecular complexity index is 551. The Labute approximate surface area is 120 Å². The van der Waals surface area contributed by atoms with E-state index in [4.69, 9.17) is 11.6 Å². The summed E-state index contributed by atoms with van der Waals surface area (Å²) in [7, 11) is -1.72. The molecular weight excluding hydrogens is 282 g/mol. The van der Waals surface area contributed by atoms with Gasteiger partial charge < -0.3 is 0 Å². The van der Waals surface area contributed by atoms with E-state index >= 15 is 0 Å². The number of alkyl halides is 1. The molecule has 1 aromatic carbocycles. The van der Waals surface area contributed by atoms with E-state index in [-0.39, 0.29) is 6.04 Å². The van der Waals surface area contributed by atoms with E-state index < -0.39 is 10.0 Å². The second-order valence-corrected chi connectivity index (χ2v) is 7.37. The van der Waals surface area contributed by atoms with Gasteiger partial charge in [-0.3, -0.25) is 0 Å². The van der Waals surface area contributed by atoms with Crippen molar-refractivity contribution >= 4 is 21.6 Å². The Kier molecular flexibility index (Phi) is 4.54. The maximum absolute atomic E-state index is 12.7. The SMILES string of the molecule is Cc1c(CCl)cccc1S(=O)(=O)N(C)C1CCCC1. The van der Waals surface area contributed by atoms with Crippen LogP contribution in [0.1, 0.15) is 36.8 Å². The molecule has 3 nitrogen and oxygen atoms in total. The van der Waals surface area contributed by atoms with Gasteiger partial charge in [0.15, 0.2) is 0 Å². The molecule has 0 radical (unpaired) electrons. The summed E-state index contributed by atoms with van der Waals surface area (Å²) in [5.74, 6) is 0.336. The summed E-state index contributed by atoms with van der Waals surface area (Å²) >= 11 is 5.85. The van der Waals surface area contributed by atoms with Gasteiger partial charge in [0.1, 0.15) is 0 Å². The summed E-state index contributed by atoms with van der Waals surface area (Å²) < 4.78 is 26.9. The summed E-state index contributed by atoms with van der Waals surface area (Å²) in [5.41, 5.74) is 1.64. The lowest BCUT2D eigenvalue weighted by Crippen LogP contribution is -2.35. The molecule has 1 aliphatic rings. The number of rotatable bonds is 4. The molecule has 106 valence electrons. The van der Waals surface area contributed by atoms with Crippen LogP contribution >= 0.6 is 11.6 Å². The van der Waals surface area contributed by atoms with Crippen molar-refractivity contribution in [1.29, 1.82) is 0 Å². The molecule has 0 atom stereocenters. The van der Waals surface area contributed by atoms with E-state index in [1.807, 2.05) is 13.0 Å². The van der Waals surface area contributed by atoms with Crippen molar-refractivity contribution in [3.8, 4) is 0 Å². The van der Waals surface area contributed by atoms with Crippen LogP contribution in [0.4, 0.5) is 0 Å². The fourth-order valence-corrected chi connectivity index (χ4v) is 4.68. The highest BCUT2D eigenvalue weighted by Crippen LogP contribution is 2.29. The number of benzene rings is 1. The van der Waals surface area contributed by atoms with E-state index in [2.05, 4.69) is 0 Å². The van der Waals surface area contributed by atoms with Gasteiger partial charge in [-0.2, -0.15) is 4.31 Å². The smallest absolute Gasteiger partial charge is 0.207 e. The Hall–Kier alpha value is -0.580. The lowest BCUT2D eigenvalue weighted by Gasteiger charge is -2.24. The van der Waals surface area contributed by atoms with Gasteiger partial charge in [0, 0.05) is 19.0 Å². The van der Waals surface area contributed by atoms with E-state index in [1.165, 1.54) is 0 Å². The second kappa shape index (κ2) is 5.81. The molecule has 1 aromatic rings. The topological polar surface area (TPSA) is 37.4 Å². The van der Waals surface area contributed by atoms with E-state index in [9.17, 15) is 8.42 Å². The predicted octanol–water partition coefficient (Wildman–Crippen LogP) is 3.30. The molecule has 0 aliphatic heterocycles. The first kappa shape index (κ1) is 14.8. The van der Waals surface area contributed by atoms with E-state index in [0.29, 0.717) is 10.8 Å². The van der Waals surface area contributed by atoms with Crippen molar-refractivity contribution in [2.45, 2.75) is 49.4 Å². The van der Waals surface area contributed by atoms with Crippen LogP contribution < -0.4 is 0 Å². The van der Waals surface area contributed by atoms with Crippen molar-refractivity contribution in [2.75, 3.05) is 7.05 Å². The van der Waals surface area contributed by atoms with Gasteiger partial charge in [0.05, 0.1) is 4.90 Å². The lowest BCUT2D eigenvalue weighted by molar-refractivity contribution is 0.373. The molecule has 1 aliphatic carbocycles. The van der Waals surface area contributed by atoms with Crippen molar-refractivity contribution in [3.63, 3.8) is 0 Å². The fraction of sp³-hybridized carbons (Fsp3) is 0.571. The first-order valence-corrected chi connectivity index (χ1v) is 8.58. The summed E-state index contributed by atoms with van der Waals surface area (Å²) in [6.07, 6.45) is 4.16. The van der Waals surface area contributed by atoms with Gasteiger partial charge in [-0.05, 0) is 37.0 Å². The van der Waals surface area contributed by atoms with Crippen LogP contribution in [-0.2, 0) is 15.9 Å². The van der Waals surface area contributed by atoms with Crippen LogP contribution in [0.15, 0.2) is 23.1 Å². The zero-order valence-corrected chi connectivity index (χ0v) is 13.0. The third-order valence-electron chi connectivity index (χ3n) is 4.04. The molecule has 1 fully saturated rings. The van der Waals surface area contributed by atoms with Crippen molar-refractivity contribution in [3.05, 3.63) is 29.3 Å². The quantitative estimate of drug-likeness (QED) is 0.800. The van der Waals surface area contributed by atoms with Crippen molar-refractivity contribution in [2.24, 2.45) is 0 Å². The molecule has 0 saturated heterocycles. The minimum absolute atomic E-state index is 0.143. The Balaban J connectivity index is 2.39. The second-order valence-electron chi connectivity index (χ2n) is 5.13.